The summed E-state index contributed by atoms with van der Waals surface area (Å²) in [7, 11) is 0. The van der Waals surface area contributed by atoms with Crippen LogP contribution in [0.2, 0.25) is 5.02 Å². The normalized spacial score (nSPS) is 27.3. The van der Waals surface area contributed by atoms with E-state index in [9.17, 15) is 14.4 Å². The Morgan fingerprint density at radius 2 is 1.84 bits per heavy atom. The fourth-order valence-corrected chi connectivity index (χ4v) is 6.22. The number of alkyl halides is 1. The van der Waals surface area contributed by atoms with Gasteiger partial charge in [-0.15, -0.1) is 0 Å². The summed E-state index contributed by atoms with van der Waals surface area (Å²) in [5, 5.41) is 17.8. The Bertz CT molecular complexity index is 1190. The average molecular weight is 533 g/mol. The molecule has 1 aromatic carbocycles. The lowest BCUT2D eigenvalue weighted by molar-refractivity contribution is 0.0275. The summed E-state index contributed by atoms with van der Waals surface area (Å²) in [6.07, 6.45) is 4.72. The van der Waals surface area contributed by atoms with E-state index in [1.165, 1.54) is 0 Å². The molecule has 1 unspecified atom stereocenters. The van der Waals surface area contributed by atoms with Gasteiger partial charge in [0.25, 0.3) is 5.56 Å². The van der Waals surface area contributed by atoms with Crippen LogP contribution in [0.3, 0.4) is 0 Å². The fourth-order valence-electron chi connectivity index (χ4n) is 5.95. The molecule has 2 heterocycles. The highest BCUT2D eigenvalue weighted by atomic mass is 35.5. The predicted octanol–water partition coefficient (Wildman–Crippen LogP) is 5.24. The molecule has 3 aliphatic rings. The number of H-pyrrole nitrogens is 1. The van der Waals surface area contributed by atoms with Crippen molar-refractivity contribution in [2.24, 2.45) is 5.92 Å². The lowest BCUT2D eigenvalue weighted by Crippen LogP contribution is -2.49. The second-order valence-electron chi connectivity index (χ2n) is 11.1. The van der Waals surface area contributed by atoms with Crippen LogP contribution in [-0.4, -0.2) is 41.0 Å². The van der Waals surface area contributed by atoms with Gasteiger partial charge < -0.3 is 30.0 Å². The molecule has 2 fully saturated rings. The summed E-state index contributed by atoms with van der Waals surface area (Å²) < 4.78 is 25.7. The Morgan fingerprint density at radius 3 is 2.51 bits per heavy atom. The topological polar surface area (TPSA) is 89.7 Å². The number of rotatable bonds is 7. The number of hydrogen-bond acceptors (Lipinski definition) is 6. The molecular weight excluding hydrogens is 497 g/mol. The number of pyridine rings is 1. The van der Waals surface area contributed by atoms with Gasteiger partial charge in [-0.25, -0.2) is 4.39 Å². The van der Waals surface area contributed by atoms with Gasteiger partial charge in [-0.1, -0.05) is 11.6 Å². The summed E-state index contributed by atoms with van der Waals surface area (Å²) in [6, 6.07) is 4.40. The van der Waals surface area contributed by atoms with Crippen molar-refractivity contribution in [3.63, 3.8) is 0 Å². The van der Waals surface area contributed by atoms with E-state index in [2.05, 4.69) is 10.3 Å². The number of nitrogens with zero attached hydrogens (tertiary/aromatic N) is 1. The van der Waals surface area contributed by atoms with Crippen molar-refractivity contribution >= 4 is 11.6 Å². The number of nitrogens with one attached hydrogen (secondary N) is 2. The first-order valence-electron chi connectivity index (χ1n) is 13.3. The van der Waals surface area contributed by atoms with E-state index >= 15 is 0 Å². The Hall–Kier alpha value is -2.13. The van der Waals surface area contributed by atoms with Gasteiger partial charge >= 0.3 is 0 Å². The Morgan fingerprint density at radius 1 is 1.11 bits per heavy atom. The molecule has 1 aliphatic heterocycles. The van der Waals surface area contributed by atoms with E-state index in [0.717, 1.165) is 53.1 Å². The zero-order chi connectivity index (χ0) is 26.3. The van der Waals surface area contributed by atoms with Crippen LogP contribution in [0, 0.1) is 31.9 Å². The summed E-state index contributed by atoms with van der Waals surface area (Å²) in [6.45, 7) is 6.10. The second kappa shape index (κ2) is 10.9. The monoisotopic (exact) mass is 532 g/mol. The van der Waals surface area contributed by atoms with Gasteiger partial charge in [-0.2, -0.15) is 0 Å². The quantitative estimate of drug-likeness (QED) is 0.474. The summed E-state index contributed by atoms with van der Waals surface area (Å²) in [5.41, 5.74) is 3.39. The Kier molecular flexibility index (Phi) is 7.82. The smallest absolute Gasteiger partial charge is 0.252 e. The second-order valence-corrected chi connectivity index (χ2v) is 11.5. The van der Waals surface area contributed by atoms with Crippen molar-refractivity contribution in [3.05, 3.63) is 60.7 Å². The molecule has 0 spiro atoms. The Balaban J connectivity index is 1.23. The summed E-state index contributed by atoms with van der Waals surface area (Å²) in [5.74, 6) is 1.51. The highest BCUT2D eigenvalue weighted by Gasteiger charge is 2.36. The highest BCUT2D eigenvalue weighted by molar-refractivity contribution is 6.32. The van der Waals surface area contributed by atoms with Crippen LogP contribution in [0.15, 0.2) is 16.9 Å². The van der Waals surface area contributed by atoms with E-state index < -0.39 is 6.17 Å². The molecule has 1 atom stereocenters. The summed E-state index contributed by atoms with van der Waals surface area (Å²) in [4.78, 5) is 15.1. The van der Waals surface area contributed by atoms with Gasteiger partial charge in [0.1, 0.15) is 18.9 Å². The number of hydroxylamine groups is 2. The number of ether oxygens (including phenoxy) is 2. The zero-order valence-electron chi connectivity index (χ0n) is 21.7. The third kappa shape index (κ3) is 5.82. The van der Waals surface area contributed by atoms with Crippen molar-refractivity contribution in [2.75, 3.05) is 6.61 Å². The fraction of sp³-hybridized carbons (Fsp3) is 0.607. The zero-order valence-corrected chi connectivity index (χ0v) is 22.5. The molecule has 2 aromatic rings. The molecule has 0 bridgehead atoms. The maximum Gasteiger partial charge on any atom is 0.252 e. The molecule has 2 N–H and O–H groups in total. The third-order valence-electron chi connectivity index (χ3n) is 8.23. The minimum absolute atomic E-state index is 0.0142. The van der Waals surface area contributed by atoms with Crippen LogP contribution in [0.4, 0.5) is 4.39 Å². The van der Waals surface area contributed by atoms with Crippen molar-refractivity contribution in [1.29, 1.82) is 0 Å². The Labute approximate surface area is 222 Å². The van der Waals surface area contributed by atoms with Crippen molar-refractivity contribution < 1.29 is 13.9 Å². The van der Waals surface area contributed by atoms with Gasteiger partial charge in [0, 0.05) is 36.4 Å². The lowest BCUT2D eigenvalue weighted by atomic mass is 9.81. The first-order chi connectivity index (χ1) is 17.7. The predicted molar refractivity (Wildman–Crippen MR) is 142 cm³/mol. The van der Waals surface area contributed by atoms with Gasteiger partial charge in [-0.05, 0) is 94.0 Å². The maximum atomic E-state index is 13.1. The molecule has 2 aliphatic carbocycles. The minimum Gasteiger partial charge on any atom is -0.785 e. The van der Waals surface area contributed by atoms with E-state index in [1.54, 1.807) is 6.07 Å². The van der Waals surface area contributed by atoms with E-state index in [4.69, 9.17) is 21.1 Å². The molecule has 7 nitrogen and oxygen atoms in total. The number of aromatic amines is 1. The number of hydrogen-bond donors (Lipinski definition) is 2. The number of halogens is 2. The SMILES string of the molecule is Cc1cc(C)c(CN([O-])Cc2cc(Cl)c3c(c2C)OC(C2CCC(NC4CC(F)C4)CC2)CO3)c(=O)[nH]1. The third-order valence-corrected chi connectivity index (χ3v) is 8.51. The average Bonchev–Trinajstić information content (AvgIpc) is 2.84. The van der Waals surface area contributed by atoms with Crippen LogP contribution < -0.4 is 20.3 Å². The van der Waals surface area contributed by atoms with Gasteiger partial charge in [-0.3, -0.25) is 4.79 Å². The van der Waals surface area contributed by atoms with Crippen LogP contribution in [0.1, 0.15) is 66.5 Å². The first-order valence-corrected chi connectivity index (χ1v) is 13.7. The number of fused-ring (bicyclic) bond motifs is 1. The lowest BCUT2D eigenvalue weighted by Gasteiger charge is -2.40. The number of aromatic nitrogens is 1. The molecule has 0 amide bonds. The molecule has 9 heteroatoms. The van der Waals surface area contributed by atoms with Gasteiger partial charge in [0.15, 0.2) is 11.5 Å². The van der Waals surface area contributed by atoms with E-state index in [0.29, 0.717) is 59.5 Å². The van der Waals surface area contributed by atoms with Crippen LogP contribution in [-0.2, 0) is 13.1 Å². The standard InChI is InChI=1S/C28H36ClFN3O4/c1-15-8-16(2)31-28(34)23(15)13-33(35)12-19-9-24(29)27-26(17(19)3)37-25(14-36-27)18-4-6-21(7-5-18)32-22-10-20(30)11-22/h8-9,18,20-22,25,32H,4-7,10-14H2,1-3H3,(H,31,34)/q-1. The molecule has 0 saturated heterocycles. The molecule has 0 radical (unpaired) electrons. The molecule has 37 heavy (non-hydrogen) atoms. The van der Waals surface area contributed by atoms with Gasteiger partial charge in [0.2, 0.25) is 0 Å². The van der Waals surface area contributed by atoms with Crippen molar-refractivity contribution in [3.8, 4) is 11.5 Å². The largest absolute Gasteiger partial charge is 0.785 e. The van der Waals surface area contributed by atoms with Gasteiger partial charge in [0.05, 0.1) is 5.02 Å². The summed E-state index contributed by atoms with van der Waals surface area (Å²) >= 11 is 6.55. The van der Waals surface area contributed by atoms with E-state index in [1.807, 2.05) is 26.8 Å². The van der Waals surface area contributed by atoms with Crippen LogP contribution in [0.25, 0.3) is 0 Å². The molecule has 202 valence electrons. The van der Waals surface area contributed by atoms with E-state index in [-0.39, 0.29) is 24.8 Å². The minimum atomic E-state index is -0.635. The van der Waals surface area contributed by atoms with Crippen molar-refractivity contribution in [1.82, 2.24) is 15.4 Å². The molecule has 1 aromatic heterocycles. The number of aryl methyl sites for hydroxylation is 2. The van der Waals surface area contributed by atoms with Crippen LogP contribution in [0.5, 0.6) is 11.5 Å². The number of benzene rings is 1. The first kappa shape index (κ1) is 26.5. The maximum absolute atomic E-state index is 13.1. The molecule has 2 saturated carbocycles. The van der Waals surface area contributed by atoms with Crippen molar-refractivity contribution in [2.45, 2.75) is 96.7 Å². The molecule has 5 rings (SSSR count). The molecular formula is C28H36ClFN3O4-. The highest BCUT2D eigenvalue weighted by Crippen LogP contribution is 2.45. The van der Waals surface area contributed by atoms with Crippen LogP contribution >= 0.6 is 11.6 Å².